The summed E-state index contributed by atoms with van der Waals surface area (Å²) in [6.45, 7) is 6.15. The van der Waals surface area contributed by atoms with E-state index in [-0.39, 0.29) is 18.0 Å². The summed E-state index contributed by atoms with van der Waals surface area (Å²) in [6, 6.07) is 0.491. The molecule has 4 atom stereocenters. The fourth-order valence-electron chi connectivity index (χ4n) is 5.57. The number of piperidine rings is 3. The number of fused-ring (bicyclic) bond motifs is 4. The van der Waals surface area contributed by atoms with E-state index in [0.29, 0.717) is 24.2 Å². The topological polar surface area (TPSA) is 72.5 Å². The molecule has 4 rings (SSSR count). The lowest BCUT2D eigenvalue weighted by molar-refractivity contribution is -0.152. The number of H-pyrrole nitrogens is 1. The number of hydrogen-bond acceptors (Lipinski definition) is 4. The van der Waals surface area contributed by atoms with Crippen LogP contribution in [-0.4, -0.2) is 82.5 Å². The van der Waals surface area contributed by atoms with Gasteiger partial charge in [-0.05, 0) is 59.0 Å². The predicted octanol–water partition coefficient (Wildman–Crippen LogP) is 1.43. The smallest absolute Gasteiger partial charge is 0.257 e. The van der Waals surface area contributed by atoms with E-state index in [1.165, 1.54) is 0 Å². The molecule has 0 radical (unpaired) electrons. The van der Waals surface area contributed by atoms with Gasteiger partial charge >= 0.3 is 0 Å². The van der Waals surface area contributed by atoms with Crippen LogP contribution in [0.4, 0.5) is 0 Å². The molecule has 1 N–H and O–H groups in total. The van der Waals surface area contributed by atoms with E-state index in [0.717, 1.165) is 55.8 Å². The van der Waals surface area contributed by atoms with Crippen molar-refractivity contribution in [1.29, 1.82) is 0 Å². The first-order chi connectivity index (χ1) is 12.9. The predicted molar refractivity (Wildman–Crippen MR) is 102 cm³/mol. The molecule has 0 spiro atoms. The Bertz CT molecular complexity index is 723. The number of hydrogen-bond donors (Lipinski definition) is 1. The Morgan fingerprint density at radius 2 is 2.00 bits per heavy atom. The van der Waals surface area contributed by atoms with E-state index in [2.05, 4.69) is 34.1 Å². The highest BCUT2D eigenvalue weighted by Crippen LogP contribution is 2.42. The fraction of sp³-hybridized carbons (Fsp3) is 0.750. The normalized spacial score (nSPS) is 30.6. The van der Waals surface area contributed by atoms with E-state index >= 15 is 0 Å². The Labute approximate surface area is 161 Å². The molecule has 7 heteroatoms. The van der Waals surface area contributed by atoms with Gasteiger partial charge in [0.2, 0.25) is 5.91 Å². The lowest BCUT2D eigenvalue weighted by Gasteiger charge is -2.57. The van der Waals surface area contributed by atoms with Crippen LogP contribution in [0.15, 0.2) is 0 Å². The summed E-state index contributed by atoms with van der Waals surface area (Å²) in [6.07, 6.45) is 3.85. The standard InChI is InChI=1S/C20H31N5O2/c1-12-19(13(2)22-21-12)20(27)24-9-14-8-15(10-24)17(11-23(3)4)25-16(14)6-5-7-18(25)26/h14-17H,5-11H2,1-4H3,(H,21,22)/t14-,15+,16+,17+/m1/s1. The third-order valence-corrected chi connectivity index (χ3v) is 6.68. The van der Waals surface area contributed by atoms with Crippen molar-refractivity contribution >= 4 is 11.8 Å². The first-order valence-corrected chi connectivity index (χ1v) is 10.1. The van der Waals surface area contributed by atoms with E-state index in [1.54, 1.807) is 0 Å². The Balaban J connectivity index is 1.62. The van der Waals surface area contributed by atoms with Gasteiger partial charge in [0.15, 0.2) is 0 Å². The van der Waals surface area contributed by atoms with E-state index in [4.69, 9.17) is 0 Å². The van der Waals surface area contributed by atoms with Crippen molar-refractivity contribution in [1.82, 2.24) is 24.9 Å². The van der Waals surface area contributed by atoms with Gasteiger partial charge in [0.1, 0.15) is 0 Å². The maximum absolute atomic E-state index is 13.3. The summed E-state index contributed by atoms with van der Waals surface area (Å²) in [5, 5.41) is 7.14. The van der Waals surface area contributed by atoms with Crippen LogP contribution in [0.1, 0.15) is 47.4 Å². The number of carbonyl (C=O) groups excluding carboxylic acids is 2. The molecule has 2 bridgehead atoms. The third kappa shape index (κ3) is 3.16. The highest BCUT2D eigenvalue weighted by Gasteiger charge is 2.50. The molecule has 3 aliphatic heterocycles. The Morgan fingerprint density at radius 1 is 1.26 bits per heavy atom. The number of aryl methyl sites for hydroxylation is 2. The van der Waals surface area contributed by atoms with Gasteiger partial charge in [-0.2, -0.15) is 5.10 Å². The minimum atomic E-state index is 0.0904. The van der Waals surface area contributed by atoms with Gasteiger partial charge in [-0.3, -0.25) is 14.7 Å². The molecule has 2 amide bonds. The van der Waals surface area contributed by atoms with Crippen LogP contribution in [0, 0.1) is 25.7 Å². The van der Waals surface area contributed by atoms with Crippen molar-refractivity contribution in [2.75, 3.05) is 33.7 Å². The van der Waals surface area contributed by atoms with Crippen LogP contribution in [0.3, 0.4) is 0 Å². The molecule has 3 fully saturated rings. The fourth-order valence-corrected chi connectivity index (χ4v) is 5.57. The molecule has 0 unspecified atom stereocenters. The van der Waals surface area contributed by atoms with Crippen molar-refractivity contribution in [3.05, 3.63) is 17.0 Å². The second kappa shape index (κ2) is 6.93. The Hall–Kier alpha value is -1.89. The third-order valence-electron chi connectivity index (χ3n) is 6.68. The molecule has 1 aromatic rings. The molecule has 0 saturated carbocycles. The maximum Gasteiger partial charge on any atom is 0.257 e. The molecule has 7 nitrogen and oxygen atoms in total. The van der Waals surface area contributed by atoms with Crippen molar-refractivity contribution in [3.63, 3.8) is 0 Å². The molecule has 27 heavy (non-hydrogen) atoms. The minimum Gasteiger partial charge on any atom is -0.338 e. The monoisotopic (exact) mass is 373 g/mol. The molecule has 3 aliphatic rings. The number of rotatable bonds is 3. The van der Waals surface area contributed by atoms with Gasteiger partial charge in [-0.1, -0.05) is 0 Å². The number of nitrogens with one attached hydrogen (secondary N) is 1. The lowest BCUT2D eigenvalue weighted by Crippen LogP contribution is -2.67. The van der Waals surface area contributed by atoms with Gasteiger partial charge in [0.05, 0.1) is 11.3 Å². The Kier molecular flexibility index (Phi) is 4.74. The average Bonchev–Trinajstić information content (AvgIpc) is 2.96. The number of nitrogens with zero attached hydrogens (tertiary/aromatic N) is 4. The molecular weight excluding hydrogens is 342 g/mol. The van der Waals surface area contributed by atoms with E-state index < -0.39 is 0 Å². The molecular formula is C20H31N5O2. The zero-order valence-electron chi connectivity index (χ0n) is 16.9. The first-order valence-electron chi connectivity index (χ1n) is 10.1. The molecule has 4 heterocycles. The quantitative estimate of drug-likeness (QED) is 0.870. The van der Waals surface area contributed by atoms with Crippen molar-refractivity contribution in [2.24, 2.45) is 11.8 Å². The zero-order valence-corrected chi connectivity index (χ0v) is 16.9. The molecule has 0 aliphatic carbocycles. The van der Waals surface area contributed by atoms with Crippen LogP contribution >= 0.6 is 0 Å². The molecule has 148 valence electrons. The number of likely N-dealkylation sites (N-methyl/N-ethyl adjacent to an activating group) is 1. The largest absolute Gasteiger partial charge is 0.338 e. The van der Waals surface area contributed by atoms with Gasteiger partial charge in [-0.25, -0.2) is 0 Å². The van der Waals surface area contributed by atoms with Crippen LogP contribution < -0.4 is 0 Å². The van der Waals surface area contributed by atoms with Crippen LogP contribution in [-0.2, 0) is 4.79 Å². The van der Waals surface area contributed by atoms with E-state index in [9.17, 15) is 9.59 Å². The number of aromatic nitrogens is 2. The Morgan fingerprint density at radius 3 is 2.67 bits per heavy atom. The van der Waals surface area contributed by atoms with Gasteiger partial charge in [-0.15, -0.1) is 0 Å². The number of likely N-dealkylation sites (tertiary alicyclic amines) is 1. The minimum absolute atomic E-state index is 0.0904. The first kappa shape index (κ1) is 18.5. The summed E-state index contributed by atoms with van der Waals surface area (Å²) in [7, 11) is 4.14. The number of amides is 2. The molecule has 3 saturated heterocycles. The molecule has 0 aromatic carbocycles. The van der Waals surface area contributed by atoms with Crippen LogP contribution in [0.25, 0.3) is 0 Å². The summed E-state index contributed by atoms with van der Waals surface area (Å²) in [4.78, 5) is 32.4. The highest BCUT2D eigenvalue weighted by atomic mass is 16.2. The average molecular weight is 374 g/mol. The van der Waals surface area contributed by atoms with Gasteiger partial charge in [0.25, 0.3) is 5.91 Å². The second-order valence-corrected chi connectivity index (χ2v) is 8.87. The van der Waals surface area contributed by atoms with Gasteiger partial charge < -0.3 is 14.7 Å². The van der Waals surface area contributed by atoms with Gasteiger partial charge in [0, 0.05) is 43.8 Å². The summed E-state index contributed by atoms with van der Waals surface area (Å²) in [5.74, 6) is 1.14. The summed E-state index contributed by atoms with van der Waals surface area (Å²) < 4.78 is 0. The highest BCUT2D eigenvalue weighted by molar-refractivity contribution is 5.96. The number of carbonyl (C=O) groups is 2. The maximum atomic E-state index is 13.3. The summed E-state index contributed by atoms with van der Waals surface area (Å²) in [5.41, 5.74) is 2.33. The summed E-state index contributed by atoms with van der Waals surface area (Å²) >= 11 is 0. The van der Waals surface area contributed by atoms with Crippen LogP contribution in [0.2, 0.25) is 0 Å². The van der Waals surface area contributed by atoms with Crippen molar-refractivity contribution in [2.45, 2.75) is 51.6 Å². The van der Waals surface area contributed by atoms with E-state index in [1.807, 2.05) is 18.7 Å². The van der Waals surface area contributed by atoms with Crippen LogP contribution in [0.5, 0.6) is 0 Å². The lowest BCUT2D eigenvalue weighted by atomic mass is 9.71. The molecule has 1 aromatic heterocycles. The second-order valence-electron chi connectivity index (χ2n) is 8.87. The zero-order chi connectivity index (χ0) is 19.3. The van der Waals surface area contributed by atoms with Crippen molar-refractivity contribution < 1.29 is 9.59 Å². The number of aromatic amines is 1. The SMILES string of the molecule is Cc1n[nH]c(C)c1C(=O)N1C[C@H]2C[C@@H](C1)[C@H](CN(C)C)N1C(=O)CCC[C@@H]21. The van der Waals surface area contributed by atoms with Crippen molar-refractivity contribution in [3.8, 4) is 0 Å².